The SMILES string of the molecule is Cc1ccc(-c2ccnc(N3C[C@@H]4c5cccc6c5OC[C@]4(CNC(=O)CCc4cccc(c4)O6)C3)n2)c(C)n1. The molecule has 0 radical (unpaired) electrons. The first-order valence-corrected chi connectivity index (χ1v) is 13.8. The summed E-state index contributed by atoms with van der Waals surface area (Å²) in [6.07, 6.45) is 2.89. The predicted octanol–water partition coefficient (Wildman–Crippen LogP) is 4.99. The number of aromatic nitrogens is 3. The van der Waals surface area contributed by atoms with Gasteiger partial charge in [0, 0.05) is 66.1 Å². The van der Waals surface area contributed by atoms with Crippen LogP contribution >= 0.6 is 0 Å². The number of anilines is 1. The molecular formula is C32H31N5O3. The van der Waals surface area contributed by atoms with Crippen molar-refractivity contribution in [3.8, 4) is 28.5 Å². The molecule has 0 saturated carbocycles. The van der Waals surface area contributed by atoms with Crippen LogP contribution < -0.4 is 19.7 Å². The van der Waals surface area contributed by atoms with Crippen LogP contribution in [0.15, 0.2) is 66.9 Å². The smallest absolute Gasteiger partial charge is 0.225 e. The number of carbonyl (C=O) groups is 1. The minimum atomic E-state index is -0.333. The first-order valence-electron chi connectivity index (χ1n) is 13.8. The van der Waals surface area contributed by atoms with E-state index in [1.165, 1.54) is 0 Å². The number of rotatable bonds is 2. The zero-order chi connectivity index (χ0) is 27.3. The number of nitrogens with zero attached hydrogens (tertiary/aromatic N) is 4. The summed E-state index contributed by atoms with van der Waals surface area (Å²) < 4.78 is 12.8. The third-order valence-electron chi connectivity index (χ3n) is 8.37. The van der Waals surface area contributed by atoms with Crippen LogP contribution in [0.1, 0.15) is 34.9 Å². The fourth-order valence-corrected chi connectivity index (χ4v) is 6.30. The normalized spacial score (nSPS) is 21.6. The molecule has 0 unspecified atom stereocenters. The molecule has 40 heavy (non-hydrogen) atoms. The van der Waals surface area contributed by atoms with E-state index in [2.05, 4.69) is 32.3 Å². The number of benzene rings is 2. The predicted molar refractivity (Wildman–Crippen MR) is 152 cm³/mol. The second-order valence-electron chi connectivity index (χ2n) is 11.1. The van der Waals surface area contributed by atoms with Crippen LogP contribution in [0.2, 0.25) is 0 Å². The molecule has 2 atom stereocenters. The Morgan fingerprint density at radius 2 is 1.93 bits per heavy atom. The van der Waals surface area contributed by atoms with E-state index in [0.717, 1.165) is 45.3 Å². The van der Waals surface area contributed by atoms with Gasteiger partial charge in [-0.2, -0.15) is 0 Å². The van der Waals surface area contributed by atoms with Gasteiger partial charge in [-0.1, -0.05) is 24.3 Å². The lowest BCUT2D eigenvalue weighted by molar-refractivity contribution is -0.121. The summed E-state index contributed by atoms with van der Waals surface area (Å²) in [5.41, 5.74) is 5.58. The summed E-state index contributed by atoms with van der Waals surface area (Å²) in [7, 11) is 0. The Balaban J connectivity index is 1.27. The Hall–Kier alpha value is -4.46. The molecule has 2 aromatic carbocycles. The van der Waals surface area contributed by atoms with Gasteiger partial charge in [-0.25, -0.2) is 9.97 Å². The summed E-state index contributed by atoms with van der Waals surface area (Å²) >= 11 is 0. The minimum absolute atomic E-state index is 0.0371. The lowest BCUT2D eigenvalue weighted by atomic mass is 9.73. The number of amides is 1. The molecule has 3 aliphatic rings. The van der Waals surface area contributed by atoms with Crippen LogP contribution in [-0.4, -0.2) is 47.1 Å². The van der Waals surface area contributed by atoms with Gasteiger partial charge >= 0.3 is 0 Å². The topological polar surface area (TPSA) is 89.5 Å². The standard InChI is InChI=1S/C32H31N5O3/c1-20-9-11-24(21(2)35-20)27-13-14-33-31(36-27)37-16-26-25-7-4-8-28-30(25)39-19-32(26,18-37)17-34-29(38)12-10-22-5-3-6-23(15-22)40-28/h3-9,11,13-15,26H,10,12,16-19H2,1-2H3,(H,34,38)/t26-,32+/m1/s1. The average Bonchev–Trinajstić information content (AvgIpc) is 3.36. The molecule has 8 nitrogen and oxygen atoms in total. The third-order valence-corrected chi connectivity index (χ3v) is 8.37. The largest absolute Gasteiger partial charge is 0.489 e. The zero-order valence-electron chi connectivity index (χ0n) is 22.7. The molecule has 1 spiro atoms. The van der Waals surface area contributed by atoms with Gasteiger partial charge in [0.05, 0.1) is 12.3 Å². The number of pyridine rings is 1. The molecule has 4 aromatic rings. The lowest BCUT2D eigenvalue weighted by Gasteiger charge is -2.39. The van der Waals surface area contributed by atoms with Crippen molar-refractivity contribution < 1.29 is 14.3 Å². The molecule has 7 rings (SSSR count). The molecule has 1 amide bonds. The second-order valence-corrected chi connectivity index (χ2v) is 11.1. The number of nitrogens with one attached hydrogen (secondary N) is 1. The molecule has 202 valence electrons. The second kappa shape index (κ2) is 9.62. The fourth-order valence-electron chi connectivity index (χ4n) is 6.30. The Kier molecular flexibility index (Phi) is 5.91. The highest BCUT2D eigenvalue weighted by atomic mass is 16.5. The van der Waals surface area contributed by atoms with Crippen LogP contribution in [0.4, 0.5) is 5.95 Å². The van der Waals surface area contributed by atoms with Gasteiger partial charge in [0.1, 0.15) is 5.75 Å². The van der Waals surface area contributed by atoms with Crippen molar-refractivity contribution >= 4 is 11.9 Å². The van der Waals surface area contributed by atoms with Crippen LogP contribution in [-0.2, 0) is 11.2 Å². The molecule has 0 aliphatic carbocycles. The van der Waals surface area contributed by atoms with Gasteiger partial charge in [0.25, 0.3) is 0 Å². The number of carbonyl (C=O) groups excluding carboxylic acids is 1. The first kappa shape index (κ1) is 24.6. The van der Waals surface area contributed by atoms with Gasteiger partial charge in [-0.15, -0.1) is 0 Å². The number of hydrogen-bond acceptors (Lipinski definition) is 7. The van der Waals surface area contributed by atoms with Crippen molar-refractivity contribution in [1.82, 2.24) is 20.3 Å². The summed E-state index contributed by atoms with van der Waals surface area (Å²) in [4.78, 5) is 29.5. The Morgan fingerprint density at radius 1 is 1.02 bits per heavy atom. The number of aryl methyl sites for hydroxylation is 3. The Morgan fingerprint density at radius 3 is 2.83 bits per heavy atom. The quantitative estimate of drug-likeness (QED) is 0.388. The summed E-state index contributed by atoms with van der Waals surface area (Å²) in [5.74, 6) is 3.03. The van der Waals surface area contributed by atoms with Crippen molar-refractivity contribution in [2.45, 2.75) is 32.6 Å². The Labute approximate surface area is 233 Å². The van der Waals surface area contributed by atoms with Gasteiger partial charge in [-0.3, -0.25) is 9.78 Å². The van der Waals surface area contributed by atoms with E-state index in [4.69, 9.17) is 14.5 Å². The summed E-state index contributed by atoms with van der Waals surface area (Å²) in [6, 6.07) is 20.0. The van der Waals surface area contributed by atoms with Crippen molar-refractivity contribution in [3.05, 3.63) is 89.4 Å². The van der Waals surface area contributed by atoms with Crippen molar-refractivity contribution in [1.29, 1.82) is 0 Å². The number of hydrogen-bond donors (Lipinski definition) is 1. The molecule has 1 saturated heterocycles. The lowest BCUT2D eigenvalue weighted by Crippen LogP contribution is -2.48. The molecule has 3 aliphatic heterocycles. The molecule has 2 aromatic heterocycles. The van der Waals surface area contributed by atoms with E-state index < -0.39 is 0 Å². The van der Waals surface area contributed by atoms with Crippen LogP contribution in [0.5, 0.6) is 17.2 Å². The van der Waals surface area contributed by atoms with E-state index in [0.29, 0.717) is 50.8 Å². The molecule has 5 heterocycles. The van der Waals surface area contributed by atoms with Crippen molar-refractivity contribution in [2.24, 2.45) is 5.41 Å². The number of ether oxygens (including phenoxy) is 2. The fraction of sp³-hybridized carbons (Fsp3) is 0.312. The maximum Gasteiger partial charge on any atom is 0.225 e. The molecule has 1 fully saturated rings. The molecule has 4 bridgehead atoms. The highest BCUT2D eigenvalue weighted by Gasteiger charge is 2.52. The van der Waals surface area contributed by atoms with Crippen LogP contribution in [0, 0.1) is 19.3 Å². The van der Waals surface area contributed by atoms with Crippen molar-refractivity contribution in [3.63, 3.8) is 0 Å². The van der Waals surface area contributed by atoms with E-state index in [9.17, 15) is 4.79 Å². The van der Waals surface area contributed by atoms with E-state index in [1.54, 1.807) is 0 Å². The number of para-hydroxylation sites is 1. The van der Waals surface area contributed by atoms with Crippen molar-refractivity contribution in [2.75, 3.05) is 31.1 Å². The zero-order valence-corrected chi connectivity index (χ0v) is 22.7. The Bertz CT molecular complexity index is 1620. The average molecular weight is 534 g/mol. The summed E-state index contributed by atoms with van der Waals surface area (Å²) in [5, 5.41) is 3.24. The van der Waals surface area contributed by atoms with Gasteiger partial charge in [0.15, 0.2) is 11.5 Å². The molecule has 1 N–H and O–H groups in total. The van der Waals surface area contributed by atoms with E-state index in [-0.39, 0.29) is 17.2 Å². The van der Waals surface area contributed by atoms with Gasteiger partial charge < -0.3 is 19.7 Å². The highest BCUT2D eigenvalue weighted by Crippen LogP contribution is 2.53. The van der Waals surface area contributed by atoms with E-state index in [1.807, 2.05) is 68.6 Å². The van der Waals surface area contributed by atoms with Crippen LogP contribution in [0.25, 0.3) is 11.3 Å². The minimum Gasteiger partial charge on any atom is -0.489 e. The monoisotopic (exact) mass is 533 g/mol. The summed E-state index contributed by atoms with van der Waals surface area (Å²) in [6.45, 7) is 6.34. The van der Waals surface area contributed by atoms with Crippen LogP contribution in [0.3, 0.4) is 0 Å². The highest BCUT2D eigenvalue weighted by molar-refractivity contribution is 5.76. The molecular weight excluding hydrogens is 502 g/mol. The first-order chi connectivity index (χ1) is 19.5. The number of fused-ring (bicyclic) bond motifs is 4. The maximum atomic E-state index is 13.0. The van der Waals surface area contributed by atoms with E-state index >= 15 is 0 Å². The third kappa shape index (κ3) is 4.33. The van der Waals surface area contributed by atoms with Gasteiger partial charge in [-0.05, 0) is 62.2 Å². The maximum absolute atomic E-state index is 13.0. The van der Waals surface area contributed by atoms with Gasteiger partial charge in [0.2, 0.25) is 11.9 Å². The molecule has 8 heteroatoms.